The predicted octanol–water partition coefficient (Wildman–Crippen LogP) is 0.640. The average molecular weight is 395 g/mol. The number of aryl methyl sites for hydroxylation is 2. The molecule has 27 heavy (non-hydrogen) atoms. The predicted molar refractivity (Wildman–Crippen MR) is 105 cm³/mol. The number of quaternary nitrogens is 1. The Kier molecular flexibility index (Phi) is 6.23. The largest absolute Gasteiger partial charge is 0.348 e. The van der Waals surface area contributed by atoms with Crippen LogP contribution in [0.1, 0.15) is 43.7 Å². The van der Waals surface area contributed by atoms with E-state index in [-0.39, 0.29) is 11.9 Å². The van der Waals surface area contributed by atoms with Gasteiger partial charge in [0.25, 0.3) is 5.91 Å². The van der Waals surface area contributed by atoms with Crippen LogP contribution in [0.4, 0.5) is 0 Å². The third-order valence-electron chi connectivity index (χ3n) is 6.19. The monoisotopic (exact) mass is 394 g/mol. The first kappa shape index (κ1) is 20.3. The molecule has 1 heterocycles. The minimum Gasteiger partial charge on any atom is -0.348 e. The number of hydrogen-bond acceptors (Lipinski definition) is 3. The van der Waals surface area contributed by atoms with Crippen molar-refractivity contribution in [1.82, 2.24) is 9.62 Å². The number of carbonyl (C=O) groups excluding carboxylic acids is 1. The van der Waals surface area contributed by atoms with E-state index in [4.69, 9.17) is 0 Å². The number of hydrogen-bond donors (Lipinski definition) is 2. The number of carbonyl (C=O) groups is 1. The molecule has 0 spiro atoms. The number of sulfonamides is 1. The summed E-state index contributed by atoms with van der Waals surface area (Å²) >= 11 is 0. The molecule has 0 aromatic heterocycles. The molecule has 3 rings (SSSR count). The van der Waals surface area contributed by atoms with Crippen LogP contribution in [-0.2, 0) is 14.8 Å². The number of nitrogens with zero attached hydrogens (tertiary/aromatic N) is 1. The normalized spacial score (nSPS) is 21.3. The van der Waals surface area contributed by atoms with Crippen LogP contribution >= 0.6 is 0 Å². The zero-order valence-electron chi connectivity index (χ0n) is 16.6. The smallest absolute Gasteiger partial charge is 0.278 e. The van der Waals surface area contributed by atoms with Gasteiger partial charge in [-0.1, -0.05) is 18.9 Å². The third kappa shape index (κ3) is 4.52. The Morgan fingerprint density at radius 3 is 2.37 bits per heavy atom. The van der Waals surface area contributed by atoms with Gasteiger partial charge in [0, 0.05) is 6.04 Å². The molecular weight excluding hydrogens is 362 g/mol. The zero-order chi connectivity index (χ0) is 19.6. The molecule has 0 radical (unpaired) electrons. The molecule has 1 amide bonds. The van der Waals surface area contributed by atoms with Gasteiger partial charge in [-0.15, -0.1) is 0 Å². The fraction of sp³-hybridized carbons (Fsp3) is 0.650. The van der Waals surface area contributed by atoms with Crippen molar-refractivity contribution in [1.29, 1.82) is 0 Å². The lowest BCUT2D eigenvalue weighted by molar-refractivity contribution is -0.917. The summed E-state index contributed by atoms with van der Waals surface area (Å²) in [5.41, 5.74) is 2.07. The lowest BCUT2D eigenvalue weighted by Crippen LogP contribution is -3.19. The van der Waals surface area contributed by atoms with Crippen LogP contribution in [0.25, 0.3) is 0 Å². The Labute approximate surface area is 163 Å². The highest BCUT2D eigenvalue weighted by Gasteiger charge is 2.35. The second-order valence-electron chi connectivity index (χ2n) is 8.02. The van der Waals surface area contributed by atoms with E-state index in [1.165, 1.54) is 12.8 Å². The fourth-order valence-corrected chi connectivity index (χ4v) is 5.58. The van der Waals surface area contributed by atoms with Gasteiger partial charge in [0.05, 0.1) is 31.1 Å². The van der Waals surface area contributed by atoms with E-state index in [1.807, 2.05) is 26.8 Å². The SMILES string of the molecule is Cc1ccc(S(=O)(=O)N2CC[NH+]([C@H](C)C(=O)NC3CCCC3)CC2)cc1C. The number of benzene rings is 1. The van der Waals surface area contributed by atoms with Gasteiger partial charge in [0.15, 0.2) is 6.04 Å². The van der Waals surface area contributed by atoms with Crippen molar-refractivity contribution in [2.45, 2.75) is 63.4 Å². The van der Waals surface area contributed by atoms with Gasteiger partial charge in [-0.05, 0) is 56.9 Å². The van der Waals surface area contributed by atoms with Crippen molar-refractivity contribution >= 4 is 15.9 Å². The van der Waals surface area contributed by atoms with Crippen LogP contribution in [0, 0.1) is 13.8 Å². The Morgan fingerprint density at radius 2 is 1.78 bits per heavy atom. The first-order chi connectivity index (χ1) is 12.8. The van der Waals surface area contributed by atoms with E-state index < -0.39 is 10.0 Å². The maximum atomic E-state index is 12.9. The molecular formula is C20H32N3O3S+. The summed E-state index contributed by atoms with van der Waals surface area (Å²) in [5.74, 6) is 0.0994. The van der Waals surface area contributed by atoms with Crippen molar-refractivity contribution in [2.24, 2.45) is 0 Å². The van der Waals surface area contributed by atoms with Crippen molar-refractivity contribution in [2.75, 3.05) is 26.2 Å². The van der Waals surface area contributed by atoms with Gasteiger partial charge >= 0.3 is 0 Å². The number of piperazine rings is 1. The molecule has 1 aromatic rings. The molecule has 150 valence electrons. The minimum absolute atomic E-state index is 0.0994. The first-order valence-electron chi connectivity index (χ1n) is 10.0. The van der Waals surface area contributed by atoms with E-state index in [2.05, 4.69) is 5.32 Å². The summed E-state index contributed by atoms with van der Waals surface area (Å²) in [5, 5.41) is 3.16. The van der Waals surface area contributed by atoms with E-state index in [9.17, 15) is 13.2 Å². The van der Waals surface area contributed by atoms with Crippen molar-refractivity contribution < 1.29 is 18.1 Å². The van der Waals surface area contributed by atoms with E-state index in [0.29, 0.717) is 37.1 Å². The first-order valence-corrected chi connectivity index (χ1v) is 11.5. The van der Waals surface area contributed by atoms with Gasteiger partial charge in [0.1, 0.15) is 0 Å². The van der Waals surface area contributed by atoms with E-state index in [0.717, 1.165) is 28.9 Å². The maximum absolute atomic E-state index is 12.9. The lowest BCUT2D eigenvalue weighted by Gasteiger charge is -2.34. The fourth-order valence-electron chi connectivity index (χ4n) is 4.05. The van der Waals surface area contributed by atoms with E-state index in [1.54, 1.807) is 16.4 Å². The average Bonchev–Trinajstić information content (AvgIpc) is 3.16. The highest BCUT2D eigenvalue weighted by Crippen LogP contribution is 2.19. The summed E-state index contributed by atoms with van der Waals surface area (Å²) in [7, 11) is -3.47. The Balaban J connectivity index is 1.58. The molecule has 0 bridgehead atoms. The van der Waals surface area contributed by atoms with Crippen molar-refractivity contribution in [3.63, 3.8) is 0 Å². The number of nitrogens with one attached hydrogen (secondary N) is 2. The van der Waals surface area contributed by atoms with Crippen LogP contribution in [-0.4, -0.2) is 56.9 Å². The standard InChI is InChI=1S/C20H31N3O3S/c1-15-8-9-19(14-16(15)2)27(25,26)23-12-10-22(11-13-23)17(3)20(24)21-18-6-4-5-7-18/h8-9,14,17-18H,4-7,10-13H2,1-3H3,(H,21,24)/p+1/t17-/m1/s1. The van der Waals surface area contributed by atoms with Crippen molar-refractivity contribution in [3.05, 3.63) is 29.3 Å². The maximum Gasteiger partial charge on any atom is 0.278 e. The van der Waals surface area contributed by atoms with Gasteiger partial charge < -0.3 is 10.2 Å². The quantitative estimate of drug-likeness (QED) is 0.770. The zero-order valence-corrected chi connectivity index (χ0v) is 17.4. The molecule has 1 atom stereocenters. The summed E-state index contributed by atoms with van der Waals surface area (Å²) in [4.78, 5) is 14.0. The van der Waals surface area contributed by atoms with Crippen LogP contribution < -0.4 is 10.2 Å². The molecule has 1 aliphatic heterocycles. The minimum atomic E-state index is -3.47. The molecule has 0 unspecified atom stereocenters. The van der Waals surface area contributed by atoms with Gasteiger partial charge in [-0.2, -0.15) is 4.31 Å². The van der Waals surface area contributed by atoms with Crippen molar-refractivity contribution in [3.8, 4) is 0 Å². The Hall–Kier alpha value is -1.44. The van der Waals surface area contributed by atoms with Gasteiger partial charge in [-0.3, -0.25) is 4.79 Å². The lowest BCUT2D eigenvalue weighted by atomic mass is 10.1. The summed E-state index contributed by atoms with van der Waals surface area (Å²) in [6.45, 7) is 8.07. The molecule has 6 nitrogen and oxygen atoms in total. The summed E-state index contributed by atoms with van der Waals surface area (Å²) < 4.78 is 27.4. The molecule has 2 aliphatic rings. The van der Waals surface area contributed by atoms with Crippen LogP contribution in [0.5, 0.6) is 0 Å². The highest BCUT2D eigenvalue weighted by atomic mass is 32.2. The molecule has 2 fully saturated rings. The summed E-state index contributed by atoms with van der Waals surface area (Å²) in [6.07, 6.45) is 4.55. The highest BCUT2D eigenvalue weighted by molar-refractivity contribution is 7.89. The Bertz CT molecular complexity index is 780. The topological polar surface area (TPSA) is 70.9 Å². The number of amides is 1. The molecule has 1 saturated heterocycles. The second-order valence-corrected chi connectivity index (χ2v) is 9.96. The third-order valence-corrected chi connectivity index (χ3v) is 8.08. The Morgan fingerprint density at radius 1 is 1.15 bits per heavy atom. The molecule has 1 aromatic carbocycles. The van der Waals surface area contributed by atoms with Gasteiger partial charge in [0.2, 0.25) is 10.0 Å². The summed E-state index contributed by atoms with van der Waals surface area (Å²) in [6, 6.07) is 5.48. The molecule has 1 saturated carbocycles. The second kappa shape index (κ2) is 8.29. The van der Waals surface area contributed by atoms with Crippen LogP contribution in [0.15, 0.2) is 23.1 Å². The van der Waals surface area contributed by atoms with Crippen LogP contribution in [0.2, 0.25) is 0 Å². The molecule has 1 aliphatic carbocycles. The van der Waals surface area contributed by atoms with E-state index >= 15 is 0 Å². The van der Waals surface area contributed by atoms with Gasteiger partial charge in [-0.25, -0.2) is 8.42 Å². The van der Waals surface area contributed by atoms with Crippen LogP contribution in [0.3, 0.4) is 0 Å². The number of rotatable bonds is 5. The molecule has 7 heteroatoms. The molecule has 2 N–H and O–H groups in total.